The number of aliphatic carboxylic acids is 1. The zero-order valence-corrected chi connectivity index (χ0v) is 8.17. The number of carbonyl (C=O) groups is 1. The Morgan fingerprint density at radius 1 is 1.77 bits per heavy atom. The summed E-state index contributed by atoms with van der Waals surface area (Å²) in [5.74, 6) is -0.910. The number of hydrogen-bond donors (Lipinski definition) is 1. The van der Waals surface area contributed by atoms with Crippen molar-refractivity contribution in [3.63, 3.8) is 0 Å². The predicted molar refractivity (Wildman–Crippen MR) is 52.0 cm³/mol. The molecule has 0 saturated carbocycles. The highest BCUT2D eigenvalue weighted by molar-refractivity contribution is 7.09. The molecule has 13 heavy (non-hydrogen) atoms. The van der Waals surface area contributed by atoms with E-state index in [-0.39, 0.29) is 0 Å². The molecule has 0 atom stereocenters. The van der Waals surface area contributed by atoms with E-state index >= 15 is 0 Å². The molecule has 0 unspecified atom stereocenters. The number of aryl methyl sites for hydroxylation is 1. The molecule has 1 N–H and O–H groups in total. The number of thiazole rings is 1. The van der Waals surface area contributed by atoms with Crippen LogP contribution in [0.3, 0.4) is 0 Å². The molecule has 1 rings (SSSR count). The number of carboxylic acids is 1. The molecule has 1 aromatic heterocycles. The van der Waals surface area contributed by atoms with Crippen LogP contribution in [0.15, 0.2) is 17.5 Å². The van der Waals surface area contributed by atoms with Crippen molar-refractivity contribution in [2.24, 2.45) is 0 Å². The standard InChI is InChI=1S/C9H11NO2S/c1-2-7-6-13-8(10-7)4-3-5-9(11)12/h3,5-6H,2,4H2,1H3,(H,11,12)/b5-3+. The first-order chi connectivity index (χ1) is 6.22. The number of aromatic nitrogens is 1. The minimum atomic E-state index is -0.910. The highest BCUT2D eigenvalue weighted by atomic mass is 32.1. The smallest absolute Gasteiger partial charge is 0.327 e. The first-order valence-electron chi connectivity index (χ1n) is 4.05. The number of hydrogen-bond acceptors (Lipinski definition) is 3. The first-order valence-corrected chi connectivity index (χ1v) is 4.93. The summed E-state index contributed by atoms with van der Waals surface area (Å²) >= 11 is 1.57. The van der Waals surface area contributed by atoms with Crippen LogP contribution in [0.5, 0.6) is 0 Å². The Hall–Kier alpha value is -1.16. The molecular weight excluding hydrogens is 186 g/mol. The maximum atomic E-state index is 10.1. The van der Waals surface area contributed by atoms with E-state index < -0.39 is 5.97 Å². The third-order valence-corrected chi connectivity index (χ3v) is 2.43. The Morgan fingerprint density at radius 3 is 3.08 bits per heavy atom. The van der Waals surface area contributed by atoms with Crippen LogP contribution in [0.25, 0.3) is 0 Å². The minimum absolute atomic E-state index is 0.608. The second-order valence-electron chi connectivity index (χ2n) is 2.53. The molecule has 4 heteroatoms. The van der Waals surface area contributed by atoms with E-state index in [1.807, 2.05) is 12.3 Å². The molecule has 0 fully saturated rings. The Labute approximate surface area is 80.7 Å². The maximum Gasteiger partial charge on any atom is 0.327 e. The van der Waals surface area contributed by atoms with E-state index in [4.69, 9.17) is 5.11 Å². The molecule has 0 radical (unpaired) electrons. The second kappa shape index (κ2) is 4.77. The van der Waals surface area contributed by atoms with Crippen molar-refractivity contribution in [3.8, 4) is 0 Å². The Bertz CT molecular complexity index is 317. The van der Waals surface area contributed by atoms with Gasteiger partial charge in [0.15, 0.2) is 0 Å². The molecule has 0 aromatic carbocycles. The third kappa shape index (κ3) is 3.38. The van der Waals surface area contributed by atoms with Crippen LogP contribution in [0.4, 0.5) is 0 Å². The Kier molecular flexibility index (Phi) is 3.64. The molecule has 1 heterocycles. The van der Waals surface area contributed by atoms with Gasteiger partial charge in [-0.05, 0) is 6.42 Å². The maximum absolute atomic E-state index is 10.1. The fourth-order valence-electron chi connectivity index (χ4n) is 0.866. The summed E-state index contributed by atoms with van der Waals surface area (Å²) in [6, 6.07) is 0. The van der Waals surface area contributed by atoms with Gasteiger partial charge in [0.2, 0.25) is 0 Å². The number of carboxylic acid groups (broad SMARTS) is 1. The van der Waals surface area contributed by atoms with E-state index in [0.29, 0.717) is 6.42 Å². The van der Waals surface area contributed by atoms with Crippen LogP contribution in [0.2, 0.25) is 0 Å². The van der Waals surface area contributed by atoms with E-state index in [2.05, 4.69) is 4.98 Å². The van der Waals surface area contributed by atoms with Gasteiger partial charge < -0.3 is 5.11 Å². The van der Waals surface area contributed by atoms with Crippen LogP contribution in [-0.4, -0.2) is 16.1 Å². The average Bonchev–Trinajstić information content (AvgIpc) is 2.52. The monoisotopic (exact) mass is 197 g/mol. The van der Waals surface area contributed by atoms with Crippen LogP contribution >= 0.6 is 11.3 Å². The summed E-state index contributed by atoms with van der Waals surface area (Å²) in [5.41, 5.74) is 1.07. The quantitative estimate of drug-likeness (QED) is 0.750. The van der Waals surface area contributed by atoms with E-state index in [1.54, 1.807) is 17.4 Å². The van der Waals surface area contributed by atoms with E-state index in [9.17, 15) is 4.79 Å². The fraction of sp³-hybridized carbons (Fsp3) is 0.333. The molecule has 0 saturated heterocycles. The highest BCUT2D eigenvalue weighted by Crippen LogP contribution is 2.10. The first kappa shape index (κ1) is 9.92. The zero-order valence-electron chi connectivity index (χ0n) is 7.36. The van der Waals surface area contributed by atoms with Crippen molar-refractivity contribution in [2.75, 3.05) is 0 Å². The Balaban J connectivity index is 2.50. The van der Waals surface area contributed by atoms with Gasteiger partial charge in [-0.2, -0.15) is 0 Å². The van der Waals surface area contributed by atoms with Gasteiger partial charge in [0.1, 0.15) is 0 Å². The Morgan fingerprint density at radius 2 is 2.54 bits per heavy atom. The molecule has 3 nitrogen and oxygen atoms in total. The summed E-state index contributed by atoms with van der Waals surface area (Å²) in [6.45, 7) is 2.05. The predicted octanol–water partition coefficient (Wildman–Crippen LogP) is 1.89. The van der Waals surface area contributed by atoms with Crippen molar-refractivity contribution >= 4 is 17.3 Å². The summed E-state index contributed by atoms with van der Waals surface area (Å²) in [6.07, 6.45) is 4.30. The number of rotatable bonds is 4. The lowest BCUT2D eigenvalue weighted by Crippen LogP contribution is -1.87. The molecule has 1 aromatic rings. The topological polar surface area (TPSA) is 50.2 Å². The van der Waals surface area contributed by atoms with Crippen molar-refractivity contribution in [1.82, 2.24) is 4.98 Å². The SMILES string of the molecule is CCc1csc(C/C=C/C(=O)O)n1. The average molecular weight is 197 g/mol. The summed E-state index contributed by atoms with van der Waals surface area (Å²) in [7, 11) is 0. The van der Waals surface area contributed by atoms with Crippen molar-refractivity contribution in [1.29, 1.82) is 0 Å². The zero-order chi connectivity index (χ0) is 9.68. The lowest BCUT2D eigenvalue weighted by molar-refractivity contribution is -0.131. The molecule has 0 bridgehead atoms. The van der Waals surface area contributed by atoms with Gasteiger partial charge in [-0.25, -0.2) is 9.78 Å². The number of nitrogens with zero attached hydrogens (tertiary/aromatic N) is 1. The molecule has 0 aliphatic carbocycles. The van der Waals surface area contributed by atoms with Gasteiger partial charge in [-0.15, -0.1) is 11.3 Å². The summed E-state index contributed by atoms with van der Waals surface area (Å²) in [4.78, 5) is 14.4. The molecule has 0 spiro atoms. The van der Waals surface area contributed by atoms with Crippen molar-refractivity contribution in [2.45, 2.75) is 19.8 Å². The largest absolute Gasteiger partial charge is 0.478 e. The molecule has 0 amide bonds. The van der Waals surface area contributed by atoms with Gasteiger partial charge in [0.05, 0.1) is 10.7 Å². The normalized spacial score (nSPS) is 10.8. The van der Waals surface area contributed by atoms with Crippen LogP contribution in [0.1, 0.15) is 17.6 Å². The van der Waals surface area contributed by atoms with Crippen LogP contribution < -0.4 is 0 Å². The van der Waals surface area contributed by atoms with E-state index in [0.717, 1.165) is 23.2 Å². The van der Waals surface area contributed by atoms with E-state index in [1.165, 1.54) is 0 Å². The van der Waals surface area contributed by atoms with Gasteiger partial charge in [-0.1, -0.05) is 13.0 Å². The van der Waals surface area contributed by atoms with Crippen molar-refractivity contribution < 1.29 is 9.90 Å². The van der Waals surface area contributed by atoms with Crippen LogP contribution in [0, 0.1) is 0 Å². The minimum Gasteiger partial charge on any atom is -0.478 e. The van der Waals surface area contributed by atoms with Gasteiger partial charge in [0, 0.05) is 17.9 Å². The number of allylic oxidation sites excluding steroid dienone is 1. The lowest BCUT2D eigenvalue weighted by Gasteiger charge is -1.86. The van der Waals surface area contributed by atoms with Gasteiger partial charge in [0.25, 0.3) is 0 Å². The molecular formula is C9H11NO2S. The molecule has 0 aliphatic heterocycles. The van der Waals surface area contributed by atoms with Gasteiger partial charge in [-0.3, -0.25) is 0 Å². The molecule has 70 valence electrons. The highest BCUT2D eigenvalue weighted by Gasteiger charge is 1.97. The van der Waals surface area contributed by atoms with Gasteiger partial charge >= 0.3 is 5.97 Å². The van der Waals surface area contributed by atoms with Crippen molar-refractivity contribution in [3.05, 3.63) is 28.2 Å². The third-order valence-electron chi connectivity index (χ3n) is 1.51. The summed E-state index contributed by atoms with van der Waals surface area (Å²) < 4.78 is 0. The van der Waals surface area contributed by atoms with Crippen LogP contribution in [-0.2, 0) is 17.6 Å². The molecule has 0 aliphatic rings. The second-order valence-corrected chi connectivity index (χ2v) is 3.47. The fourth-order valence-corrected chi connectivity index (χ4v) is 1.72. The lowest BCUT2D eigenvalue weighted by atomic mass is 10.3. The summed E-state index contributed by atoms with van der Waals surface area (Å²) in [5, 5.41) is 11.3.